The van der Waals surface area contributed by atoms with E-state index in [1.54, 1.807) is 28.7 Å². The minimum absolute atomic E-state index is 0.228. The van der Waals surface area contributed by atoms with Crippen molar-refractivity contribution in [2.45, 2.75) is 19.3 Å². The number of carboxylic acids is 1. The van der Waals surface area contributed by atoms with E-state index in [0.29, 0.717) is 13.1 Å². The summed E-state index contributed by atoms with van der Waals surface area (Å²) in [5, 5.41) is 9.14. The van der Waals surface area contributed by atoms with Crippen molar-refractivity contribution in [3.8, 4) is 11.3 Å². The summed E-state index contributed by atoms with van der Waals surface area (Å²) in [4.78, 5) is 15.5. The second kappa shape index (κ2) is 7.55. The van der Waals surface area contributed by atoms with Gasteiger partial charge in [0.05, 0.1) is 17.5 Å². The standard InChI is InChI=1S/C19H22N2O4S/c1-26(24,25)21-9-3-4-15(13-21)10-14-7-8-20-18(11-14)16-5-2-6-17(12-16)19(22)23/h2,5-8,11-12,15H,3-4,9-10,13H2,1H3,(H,22,23)/t15-/m0/s1. The molecule has 1 atom stereocenters. The SMILES string of the molecule is CS(=O)(=O)N1CCC[C@@H](Cc2ccnc(-c3cccc(C(=O)O)c3)c2)C1. The monoisotopic (exact) mass is 374 g/mol. The Morgan fingerprint density at radius 2 is 2.12 bits per heavy atom. The van der Waals surface area contributed by atoms with Crippen molar-refractivity contribution < 1.29 is 18.3 Å². The van der Waals surface area contributed by atoms with Crippen molar-refractivity contribution in [3.63, 3.8) is 0 Å². The lowest BCUT2D eigenvalue weighted by atomic mass is 9.92. The zero-order valence-corrected chi connectivity index (χ0v) is 15.4. The maximum Gasteiger partial charge on any atom is 0.335 e. The Hall–Kier alpha value is -2.25. The van der Waals surface area contributed by atoms with E-state index < -0.39 is 16.0 Å². The number of piperidine rings is 1. The zero-order chi connectivity index (χ0) is 18.7. The number of carboxylic acid groups (broad SMARTS) is 1. The molecule has 2 heterocycles. The highest BCUT2D eigenvalue weighted by Crippen LogP contribution is 2.25. The number of pyridine rings is 1. The molecule has 2 aromatic rings. The average Bonchev–Trinajstić information content (AvgIpc) is 2.61. The quantitative estimate of drug-likeness (QED) is 0.869. The summed E-state index contributed by atoms with van der Waals surface area (Å²) in [7, 11) is -3.15. The van der Waals surface area contributed by atoms with Crippen molar-refractivity contribution in [2.24, 2.45) is 5.92 Å². The van der Waals surface area contributed by atoms with E-state index in [4.69, 9.17) is 5.11 Å². The van der Waals surface area contributed by atoms with Gasteiger partial charge in [0.1, 0.15) is 0 Å². The lowest BCUT2D eigenvalue weighted by Crippen LogP contribution is -2.39. The van der Waals surface area contributed by atoms with Gasteiger partial charge >= 0.3 is 5.97 Å². The van der Waals surface area contributed by atoms with Crippen LogP contribution in [0.4, 0.5) is 0 Å². The van der Waals surface area contributed by atoms with Crippen LogP contribution in [0.1, 0.15) is 28.8 Å². The molecule has 3 rings (SSSR count). The van der Waals surface area contributed by atoms with E-state index in [1.165, 1.54) is 6.26 Å². The molecule has 1 aliphatic heterocycles. The molecular formula is C19H22N2O4S. The lowest BCUT2D eigenvalue weighted by molar-refractivity contribution is 0.0697. The first-order valence-corrected chi connectivity index (χ1v) is 10.4. The Morgan fingerprint density at radius 1 is 1.31 bits per heavy atom. The number of carbonyl (C=O) groups is 1. The van der Waals surface area contributed by atoms with Gasteiger partial charge < -0.3 is 5.11 Å². The molecule has 138 valence electrons. The molecule has 1 aromatic carbocycles. The topological polar surface area (TPSA) is 87.6 Å². The van der Waals surface area contributed by atoms with Crippen LogP contribution in [-0.4, -0.2) is 48.1 Å². The molecule has 0 bridgehead atoms. The smallest absolute Gasteiger partial charge is 0.335 e. The van der Waals surface area contributed by atoms with Crippen LogP contribution in [0.5, 0.6) is 0 Å². The fourth-order valence-corrected chi connectivity index (χ4v) is 4.34. The Kier molecular flexibility index (Phi) is 5.38. The van der Waals surface area contributed by atoms with Gasteiger partial charge in [-0.15, -0.1) is 0 Å². The molecule has 1 fully saturated rings. The molecule has 1 saturated heterocycles. The second-order valence-corrected chi connectivity index (χ2v) is 8.75. The largest absolute Gasteiger partial charge is 0.478 e. The number of aromatic nitrogens is 1. The highest BCUT2D eigenvalue weighted by atomic mass is 32.2. The van der Waals surface area contributed by atoms with E-state index in [0.717, 1.165) is 36.1 Å². The van der Waals surface area contributed by atoms with E-state index in [2.05, 4.69) is 4.98 Å². The normalized spacial score (nSPS) is 18.6. The summed E-state index contributed by atoms with van der Waals surface area (Å²) in [6, 6.07) is 10.6. The van der Waals surface area contributed by atoms with Crippen LogP contribution in [0.25, 0.3) is 11.3 Å². The number of sulfonamides is 1. The zero-order valence-electron chi connectivity index (χ0n) is 14.6. The minimum atomic E-state index is -3.15. The average molecular weight is 374 g/mol. The highest BCUT2D eigenvalue weighted by molar-refractivity contribution is 7.88. The molecule has 0 spiro atoms. The van der Waals surface area contributed by atoms with Crippen molar-refractivity contribution in [1.29, 1.82) is 0 Å². The second-order valence-electron chi connectivity index (χ2n) is 6.77. The van der Waals surface area contributed by atoms with Gasteiger partial charge in [0.25, 0.3) is 0 Å². The fourth-order valence-electron chi connectivity index (χ4n) is 3.40. The predicted molar refractivity (Wildman–Crippen MR) is 99.5 cm³/mol. The molecule has 7 heteroatoms. The number of aromatic carboxylic acids is 1. The number of hydrogen-bond donors (Lipinski definition) is 1. The summed E-state index contributed by atoms with van der Waals surface area (Å²) in [6.45, 7) is 1.14. The van der Waals surface area contributed by atoms with E-state index in [9.17, 15) is 13.2 Å². The van der Waals surface area contributed by atoms with Crippen LogP contribution in [0.2, 0.25) is 0 Å². The van der Waals surface area contributed by atoms with Gasteiger partial charge in [0, 0.05) is 24.8 Å². The molecular weight excluding hydrogens is 352 g/mol. The summed E-state index contributed by atoms with van der Waals surface area (Å²) in [5.74, 6) is -0.690. The Labute approximate surface area is 153 Å². The minimum Gasteiger partial charge on any atom is -0.478 e. The molecule has 0 unspecified atom stereocenters. The van der Waals surface area contributed by atoms with E-state index >= 15 is 0 Å². The molecule has 1 aliphatic rings. The Balaban J connectivity index is 1.77. The molecule has 1 N–H and O–H groups in total. The van der Waals surface area contributed by atoms with Gasteiger partial charge in [-0.05, 0) is 55.0 Å². The first-order valence-electron chi connectivity index (χ1n) is 8.57. The highest BCUT2D eigenvalue weighted by Gasteiger charge is 2.26. The number of rotatable bonds is 5. The third kappa shape index (κ3) is 4.47. The van der Waals surface area contributed by atoms with Crippen molar-refractivity contribution in [1.82, 2.24) is 9.29 Å². The summed E-state index contributed by atoms with van der Waals surface area (Å²) in [6.07, 6.45) is 5.62. The van der Waals surface area contributed by atoms with Crippen LogP contribution < -0.4 is 0 Å². The predicted octanol–water partition coefficient (Wildman–Crippen LogP) is 2.66. The lowest BCUT2D eigenvalue weighted by Gasteiger charge is -2.31. The summed E-state index contributed by atoms with van der Waals surface area (Å²) in [5.41, 5.74) is 2.79. The van der Waals surface area contributed by atoms with E-state index in [1.807, 2.05) is 18.2 Å². The van der Waals surface area contributed by atoms with Crippen LogP contribution in [0, 0.1) is 5.92 Å². The van der Waals surface area contributed by atoms with Gasteiger partial charge in [-0.1, -0.05) is 12.1 Å². The molecule has 0 aliphatic carbocycles. The van der Waals surface area contributed by atoms with Gasteiger partial charge in [-0.25, -0.2) is 17.5 Å². The van der Waals surface area contributed by atoms with Gasteiger partial charge in [0.2, 0.25) is 10.0 Å². The Morgan fingerprint density at radius 3 is 2.85 bits per heavy atom. The molecule has 1 aromatic heterocycles. The third-order valence-corrected chi connectivity index (χ3v) is 5.97. The maximum atomic E-state index is 11.8. The molecule has 6 nitrogen and oxygen atoms in total. The van der Waals surface area contributed by atoms with Crippen LogP contribution >= 0.6 is 0 Å². The van der Waals surface area contributed by atoms with Gasteiger partial charge in [-0.2, -0.15) is 0 Å². The molecule has 0 radical (unpaired) electrons. The van der Waals surface area contributed by atoms with Crippen LogP contribution in [-0.2, 0) is 16.4 Å². The fraction of sp³-hybridized carbons (Fsp3) is 0.368. The number of benzene rings is 1. The van der Waals surface area contributed by atoms with Crippen molar-refractivity contribution in [2.75, 3.05) is 19.3 Å². The summed E-state index contributed by atoms with van der Waals surface area (Å²) >= 11 is 0. The Bertz CT molecular complexity index is 911. The first kappa shape index (κ1) is 18.5. The molecule has 0 amide bonds. The summed E-state index contributed by atoms with van der Waals surface area (Å²) < 4.78 is 25.1. The number of nitrogens with zero attached hydrogens (tertiary/aromatic N) is 2. The number of hydrogen-bond acceptors (Lipinski definition) is 4. The molecule has 26 heavy (non-hydrogen) atoms. The van der Waals surface area contributed by atoms with Gasteiger partial charge in [0.15, 0.2) is 0 Å². The van der Waals surface area contributed by atoms with Crippen molar-refractivity contribution in [3.05, 3.63) is 53.7 Å². The van der Waals surface area contributed by atoms with Crippen LogP contribution in [0.3, 0.4) is 0 Å². The molecule has 0 saturated carbocycles. The third-order valence-electron chi connectivity index (χ3n) is 4.70. The first-order chi connectivity index (χ1) is 12.3. The van der Waals surface area contributed by atoms with Gasteiger partial charge in [-0.3, -0.25) is 4.98 Å². The van der Waals surface area contributed by atoms with Crippen LogP contribution in [0.15, 0.2) is 42.6 Å². The van der Waals surface area contributed by atoms with Crippen molar-refractivity contribution >= 4 is 16.0 Å². The maximum absolute atomic E-state index is 11.8. The van der Waals surface area contributed by atoms with E-state index in [-0.39, 0.29) is 11.5 Å².